The first-order valence-electron chi connectivity index (χ1n) is 6.34. The number of anilines is 1. The van der Waals surface area contributed by atoms with Crippen molar-refractivity contribution in [3.8, 4) is 0 Å². The number of aromatic nitrogens is 2. The van der Waals surface area contributed by atoms with Crippen LogP contribution >= 0.6 is 22.6 Å². The molecule has 1 aromatic carbocycles. The van der Waals surface area contributed by atoms with Crippen molar-refractivity contribution in [2.45, 2.75) is 31.8 Å². The lowest BCUT2D eigenvalue weighted by Crippen LogP contribution is -2.26. The summed E-state index contributed by atoms with van der Waals surface area (Å²) >= 11 is 2.25. The van der Waals surface area contributed by atoms with E-state index in [0.29, 0.717) is 25.0 Å². The number of hydrogen-bond acceptors (Lipinski definition) is 3. The SMILES string of the molecule is Nc1nc2cc(I)ccc2n1CCC(=O)NC1CC1. The summed E-state index contributed by atoms with van der Waals surface area (Å²) in [6.45, 7) is 0.571. The highest BCUT2D eigenvalue weighted by Crippen LogP contribution is 2.21. The number of nitrogens with zero attached hydrogens (tertiary/aromatic N) is 2. The molecule has 0 bridgehead atoms. The second-order valence-corrected chi connectivity index (χ2v) is 6.09. The van der Waals surface area contributed by atoms with Crippen molar-refractivity contribution in [1.82, 2.24) is 14.9 Å². The Balaban J connectivity index is 1.76. The maximum absolute atomic E-state index is 11.7. The third-order valence-electron chi connectivity index (χ3n) is 3.24. The van der Waals surface area contributed by atoms with Gasteiger partial charge in [-0.1, -0.05) is 0 Å². The number of imidazole rings is 1. The number of aryl methyl sites for hydroxylation is 1. The summed E-state index contributed by atoms with van der Waals surface area (Å²) in [6, 6.07) is 6.42. The van der Waals surface area contributed by atoms with Gasteiger partial charge in [-0.2, -0.15) is 0 Å². The first-order valence-corrected chi connectivity index (χ1v) is 7.42. The standard InChI is InChI=1S/C13H15IN4O/c14-8-1-4-11-10(7-8)17-13(15)18(11)6-5-12(19)16-9-2-3-9/h1,4,7,9H,2-3,5-6H2,(H2,15,17)(H,16,19). The summed E-state index contributed by atoms with van der Waals surface area (Å²) in [5, 5.41) is 2.98. The van der Waals surface area contributed by atoms with E-state index in [9.17, 15) is 4.79 Å². The fourth-order valence-electron chi connectivity index (χ4n) is 2.10. The summed E-state index contributed by atoms with van der Waals surface area (Å²) in [4.78, 5) is 16.0. The van der Waals surface area contributed by atoms with Crippen LogP contribution in [0.15, 0.2) is 18.2 Å². The lowest BCUT2D eigenvalue weighted by Gasteiger charge is -2.07. The van der Waals surface area contributed by atoms with Crippen LogP contribution in [0.25, 0.3) is 11.0 Å². The largest absolute Gasteiger partial charge is 0.369 e. The van der Waals surface area contributed by atoms with Crippen LogP contribution in [0.5, 0.6) is 0 Å². The number of halogens is 1. The second-order valence-electron chi connectivity index (χ2n) is 4.85. The zero-order chi connectivity index (χ0) is 13.4. The van der Waals surface area contributed by atoms with Gasteiger partial charge in [0.15, 0.2) is 0 Å². The van der Waals surface area contributed by atoms with Crippen LogP contribution < -0.4 is 11.1 Å². The normalized spacial score (nSPS) is 14.8. The van der Waals surface area contributed by atoms with Gasteiger partial charge in [-0.3, -0.25) is 4.79 Å². The summed E-state index contributed by atoms with van der Waals surface area (Å²) < 4.78 is 3.03. The predicted molar refractivity (Wildman–Crippen MR) is 82.6 cm³/mol. The predicted octanol–water partition coefficient (Wildman–Crippen LogP) is 1.89. The lowest BCUT2D eigenvalue weighted by atomic mass is 10.3. The number of hydrogen-bond donors (Lipinski definition) is 2. The summed E-state index contributed by atoms with van der Waals surface area (Å²) in [5.41, 5.74) is 7.79. The molecule has 1 amide bonds. The smallest absolute Gasteiger partial charge is 0.222 e. The zero-order valence-electron chi connectivity index (χ0n) is 10.4. The first-order chi connectivity index (χ1) is 9.13. The summed E-state index contributed by atoms with van der Waals surface area (Å²) in [7, 11) is 0. The monoisotopic (exact) mass is 370 g/mol. The molecule has 0 spiro atoms. The molecule has 19 heavy (non-hydrogen) atoms. The van der Waals surface area contributed by atoms with Crippen molar-refractivity contribution in [3.05, 3.63) is 21.8 Å². The van der Waals surface area contributed by atoms with Crippen LogP contribution in [-0.2, 0) is 11.3 Å². The fraction of sp³-hybridized carbons (Fsp3) is 0.385. The third kappa shape index (κ3) is 2.83. The van der Waals surface area contributed by atoms with Crippen molar-refractivity contribution in [2.75, 3.05) is 5.73 Å². The molecule has 6 heteroatoms. The molecule has 5 nitrogen and oxygen atoms in total. The molecule has 0 unspecified atom stereocenters. The minimum absolute atomic E-state index is 0.0919. The van der Waals surface area contributed by atoms with Gasteiger partial charge in [0.1, 0.15) is 0 Å². The molecule has 3 N–H and O–H groups in total. The van der Waals surface area contributed by atoms with E-state index >= 15 is 0 Å². The van der Waals surface area contributed by atoms with Crippen LogP contribution in [0.3, 0.4) is 0 Å². The Morgan fingerprint density at radius 3 is 3.05 bits per heavy atom. The van der Waals surface area contributed by atoms with E-state index < -0.39 is 0 Å². The average Bonchev–Trinajstić information content (AvgIpc) is 3.10. The van der Waals surface area contributed by atoms with Crippen molar-refractivity contribution in [1.29, 1.82) is 0 Å². The van der Waals surface area contributed by atoms with Crippen LogP contribution in [-0.4, -0.2) is 21.5 Å². The average molecular weight is 370 g/mol. The van der Waals surface area contributed by atoms with Gasteiger partial charge >= 0.3 is 0 Å². The topological polar surface area (TPSA) is 72.9 Å². The fourth-order valence-corrected chi connectivity index (χ4v) is 2.57. The molecule has 1 aliphatic carbocycles. The van der Waals surface area contributed by atoms with Crippen LogP contribution in [0.2, 0.25) is 0 Å². The van der Waals surface area contributed by atoms with Crippen LogP contribution in [0, 0.1) is 3.57 Å². The minimum Gasteiger partial charge on any atom is -0.369 e. The highest BCUT2D eigenvalue weighted by molar-refractivity contribution is 14.1. The van der Waals surface area contributed by atoms with Crippen molar-refractivity contribution >= 4 is 45.5 Å². The maximum Gasteiger partial charge on any atom is 0.222 e. The molecule has 1 fully saturated rings. The van der Waals surface area contributed by atoms with Gasteiger partial charge < -0.3 is 15.6 Å². The van der Waals surface area contributed by atoms with E-state index in [-0.39, 0.29) is 5.91 Å². The molecular formula is C13H15IN4O. The van der Waals surface area contributed by atoms with Crippen LogP contribution in [0.4, 0.5) is 5.95 Å². The van der Waals surface area contributed by atoms with Crippen molar-refractivity contribution < 1.29 is 4.79 Å². The molecule has 0 saturated heterocycles. The number of carbonyl (C=O) groups is 1. The Kier molecular flexibility index (Phi) is 3.34. The highest BCUT2D eigenvalue weighted by Gasteiger charge is 2.23. The van der Waals surface area contributed by atoms with Gasteiger partial charge in [-0.25, -0.2) is 4.98 Å². The molecule has 0 radical (unpaired) electrons. The quantitative estimate of drug-likeness (QED) is 0.808. The lowest BCUT2D eigenvalue weighted by molar-refractivity contribution is -0.121. The second kappa shape index (κ2) is 4.99. The molecule has 1 saturated carbocycles. The highest BCUT2D eigenvalue weighted by atomic mass is 127. The Morgan fingerprint density at radius 2 is 2.32 bits per heavy atom. The van der Waals surface area contributed by atoms with Gasteiger partial charge in [-0.05, 0) is 53.6 Å². The molecule has 0 aliphatic heterocycles. The van der Waals surface area contributed by atoms with E-state index in [2.05, 4.69) is 32.9 Å². The summed E-state index contributed by atoms with van der Waals surface area (Å²) in [6.07, 6.45) is 2.67. The van der Waals surface area contributed by atoms with Crippen LogP contribution in [0.1, 0.15) is 19.3 Å². The van der Waals surface area contributed by atoms with Gasteiger partial charge in [0.25, 0.3) is 0 Å². The zero-order valence-corrected chi connectivity index (χ0v) is 12.6. The molecular weight excluding hydrogens is 355 g/mol. The number of carbonyl (C=O) groups excluding carboxylic acids is 1. The van der Waals surface area contributed by atoms with E-state index in [1.807, 2.05) is 22.8 Å². The van der Waals surface area contributed by atoms with Crippen molar-refractivity contribution in [3.63, 3.8) is 0 Å². The molecule has 0 atom stereocenters. The molecule has 3 rings (SSSR count). The summed E-state index contributed by atoms with van der Waals surface area (Å²) in [5.74, 6) is 0.561. The molecule has 100 valence electrons. The van der Waals surface area contributed by atoms with Gasteiger partial charge in [0, 0.05) is 22.6 Å². The van der Waals surface area contributed by atoms with Gasteiger partial charge in [-0.15, -0.1) is 0 Å². The number of benzene rings is 1. The van der Waals surface area contributed by atoms with Gasteiger partial charge in [0.2, 0.25) is 11.9 Å². The Bertz CT molecular complexity index is 633. The number of amides is 1. The van der Waals surface area contributed by atoms with Crippen molar-refractivity contribution in [2.24, 2.45) is 0 Å². The van der Waals surface area contributed by atoms with E-state index in [1.165, 1.54) is 0 Å². The third-order valence-corrected chi connectivity index (χ3v) is 3.92. The van der Waals surface area contributed by atoms with Gasteiger partial charge in [0.05, 0.1) is 11.0 Å². The number of nitrogens with two attached hydrogens (primary N) is 1. The minimum atomic E-state index is 0.0919. The molecule has 2 aromatic rings. The Hall–Kier alpha value is -1.31. The number of nitrogens with one attached hydrogen (secondary N) is 1. The number of fused-ring (bicyclic) bond motifs is 1. The number of nitrogen functional groups attached to an aromatic ring is 1. The molecule has 1 aliphatic rings. The molecule has 1 heterocycles. The van der Waals surface area contributed by atoms with E-state index in [4.69, 9.17) is 5.73 Å². The van der Waals surface area contributed by atoms with E-state index in [0.717, 1.165) is 27.4 Å². The maximum atomic E-state index is 11.7. The first kappa shape index (κ1) is 12.7. The molecule has 1 aromatic heterocycles. The number of rotatable bonds is 4. The Labute approximate surface area is 124 Å². The van der Waals surface area contributed by atoms with E-state index in [1.54, 1.807) is 0 Å². The Morgan fingerprint density at radius 1 is 1.53 bits per heavy atom.